The molecule has 0 radical (unpaired) electrons. The molecular weight excluding hydrogens is 461 g/mol. The van der Waals surface area contributed by atoms with Crippen molar-refractivity contribution >= 4 is 34.7 Å². The first-order valence-electron chi connectivity index (χ1n) is 8.73. The Labute approximate surface area is 172 Å². The predicted octanol–water partition coefficient (Wildman–Crippen LogP) is 3.56. The Kier molecular flexibility index (Phi) is 7.64. The summed E-state index contributed by atoms with van der Waals surface area (Å²) in [6, 6.07) is 7.09. The van der Waals surface area contributed by atoms with E-state index in [1.807, 2.05) is 42.7 Å². The van der Waals surface area contributed by atoms with Gasteiger partial charge in [-0.05, 0) is 52.6 Å². The number of halogens is 1. The standard InChI is InChI=1S/C19H24IN3O4/c1-13(2)9-17(18(24)25)23(19(26)27)8-7-16-10-21-12-22(16)11-14-3-5-15(20)6-4-14/h3-6,10,12-13,17H,7-9,11H2,1-2H3,(H,24,25)(H,26,27). The largest absolute Gasteiger partial charge is 0.480 e. The number of amides is 1. The molecule has 27 heavy (non-hydrogen) atoms. The van der Waals surface area contributed by atoms with Crippen LogP contribution < -0.4 is 0 Å². The van der Waals surface area contributed by atoms with Crippen LogP contribution in [0.25, 0.3) is 0 Å². The van der Waals surface area contributed by atoms with E-state index >= 15 is 0 Å². The van der Waals surface area contributed by atoms with Crippen molar-refractivity contribution in [2.24, 2.45) is 5.92 Å². The Bertz CT molecular complexity index is 774. The second-order valence-corrected chi connectivity index (χ2v) is 8.09. The number of carboxylic acid groups (broad SMARTS) is 2. The molecule has 146 valence electrons. The van der Waals surface area contributed by atoms with Crippen LogP contribution in [0.5, 0.6) is 0 Å². The summed E-state index contributed by atoms with van der Waals surface area (Å²) < 4.78 is 3.12. The van der Waals surface area contributed by atoms with Gasteiger partial charge in [0.25, 0.3) is 0 Å². The van der Waals surface area contributed by atoms with Crippen LogP contribution >= 0.6 is 22.6 Å². The maximum absolute atomic E-state index is 11.6. The van der Waals surface area contributed by atoms with Gasteiger partial charge in [-0.25, -0.2) is 14.6 Å². The molecule has 1 aromatic carbocycles. The fraction of sp³-hybridized carbons (Fsp3) is 0.421. The minimum absolute atomic E-state index is 0.0827. The van der Waals surface area contributed by atoms with Gasteiger partial charge in [0.2, 0.25) is 0 Å². The van der Waals surface area contributed by atoms with E-state index in [9.17, 15) is 19.8 Å². The zero-order valence-corrected chi connectivity index (χ0v) is 17.5. The average Bonchev–Trinajstić information content (AvgIpc) is 3.02. The lowest BCUT2D eigenvalue weighted by Gasteiger charge is -2.27. The summed E-state index contributed by atoms with van der Waals surface area (Å²) >= 11 is 2.25. The maximum atomic E-state index is 11.6. The number of hydrogen-bond donors (Lipinski definition) is 2. The second-order valence-electron chi connectivity index (χ2n) is 6.85. The van der Waals surface area contributed by atoms with Gasteiger partial charge in [0.1, 0.15) is 6.04 Å². The number of benzene rings is 1. The molecule has 0 spiro atoms. The zero-order valence-electron chi connectivity index (χ0n) is 15.4. The fourth-order valence-corrected chi connectivity index (χ4v) is 3.27. The molecule has 1 amide bonds. The van der Waals surface area contributed by atoms with Crippen molar-refractivity contribution in [1.82, 2.24) is 14.5 Å². The Balaban J connectivity index is 2.09. The van der Waals surface area contributed by atoms with Crippen LogP contribution in [-0.4, -0.2) is 49.3 Å². The zero-order chi connectivity index (χ0) is 20.0. The summed E-state index contributed by atoms with van der Waals surface area (Å²) in [6.45, 7) is 4.50. The van der Waals surface area contributed by atoms with Gasteiger partial charge in [0, 0.05) is 35.0 Å². The minimum atomic E-state index is -1.22. The van der Waals surface area contributed by atoms with Gasteiger partial charge in [0.05, 0.1) is 6.33 Å². The lowest BCUT2D eigenvalue weighted by Crippen LogP contribution is -2.46. The Hall–Kier alpha value is -2.10. The van der Waals surface area contributed by atoms with Crippen molar-refractivity contribution in [2.75, 3.05) is 6.54 Å². The summed E-state index contributed by atoms with van der Waals surface area (Å²) in [4.78, 5) is 28.4. The van der Waals surface area contributed by atoms with Crippen LogP contribution in [-0.2, 0) is 17.8 Å². The van der Waals surface area contributed by atoms with Gasteiger partial charge in [-0.2, -0.15) is 0 Å². The third kappa shape index (κ3) is 6.23. The number of rotatable bonds is 9. The van der Waals surface area contributed by atoms with E-state index in [4.69, 9.17) is 0 Å². The molecule has 2 rings (SSSR count). The maximum Gasteiger partial charge on any atom is 0.408 e. The Morgan fingerprint density at radius 2 is 1.89 bits per heavy atom. The van der Waals surface area contributed by atoms with Gasteiger partial charge in [0.15, 0.2) is 0 Å². The molecule has 0 saturated heterocycles. The number of aliphatic carboxylic acids is 1. The summed E-state index contributed by atoms with van der Waals surface area (Å²) in [7, 11) is 0. The minimum Gasteiger partial charge on any atom is -0.480 e. The molecule has 7 nitrogen and oxygen atoms in total. The molecule has 1 heterocycles. The summed E-state index contributed by atoms with van der Waals surface area (Å²) in [5.41, 5.74) is 1.99. The molecule has 8 heteroatoms. The highest BCUT2D eigenvalue weighted by Gasteiger charge is 2.30. The van der Waals surface area contributed by atoms with Crippen LogP contribution in [0.3, 0.4) is 0 Å². The van der Waals surface area contributed by atoms with Crippen molar-refractivity contribution in [3.05, 3.63) is 51.6 Å². The van der Waals surface area contributed by atoms with E-state index in [-0.39, 0.29) is 18.9 Å². The van der Waals surface area contributed by atoms with Crippen LogP contribution in [0, 0.1) is 9.49 Å². The third-order valence-corrected chi connectivity index (χ3v) is 4.99. The van der Waals surface area contributed by atoms with Gasteiger partial charge in [-0.1, -0.05) is 26.0 Å². The topological polar surface area (TPSA) is 95.7 Å². The van der Waals surface area contributed by atoms with Gasteiger partial charge < -0.3 is 14.8 Å². The van der Waals surface area contributed by atoms with E-state index in [0.29, 0.717) is 13.0 Å². The van der Waals surface area contributed by atoms with Crippen LogP contribution in [0.15, 0.2) is 36.8 Å². The average molecular weight is 485 g/mol. The van der Waals surface area contributed by atoms with Crippen LogP contribution in [0.1, 0.15) is 31.5 Å². The molecule has 2 N–H and O–H groups in total. The van der Waals surface area contributed by atoms with E-state index in [2.05, 4.69) is 27.6 Å². The quantitative estimate of drug-likeness (QED) is 0.530. The molecule has 1 atom stereocenters. The van der Waals surface area contributed by atoms with Crippen molar-refractivity contribution in [2.45, 2.75) is 39.3 Å². The van der Waals surface area contributed by atoms with Crippen molar-refractivity contribution < 1.29 is 19.8 Å². The number of imidazole rings is 1. The molecule has 0 saturated carbocycles. The molecule has 0 bridgehead atoms. The summed E-state index contributed by atoms with van der Waals surface area (Å²) in [6.07, 6.45) is 2.88. The SMILES string of the molecule is CC(C)CC(C(=O)O)N(CCc1cncn1Cc1ccc(I)cc1)C(=O)O. The molecule has 2 aromatic rings. The summed E-state index contributed by atoms with van der Waals surface area (Å²) in [5.74, 6) is -1.03. The van der Waals surface area contributed by atoms with Crippen molar-refractivity contribution in [3.63, 3.8) is 0 Å². The Morgan fingerprint density at radius 3 is 2.44 bits per heavy atom. The van der Waals surface area contributed by atoms with Gasteiger partial charge >= 0.3 is 12.1 Å². The first kappa shape index (κ1) is 21.2. The van der Waals surface area contributed by atoms with Crippen LogP contribution in [0.4, 0.5) is 4.79 Å². The molecule has 0 aliphatic rings. The van der Waals surface area contributed by atoms with Crippen molar-refractivity contribution in [1.29, 1.82) is 0 Å². The number of hydrogen-bond acceptors (Lipinski definition) is 3. The van der Waals surface area contributed by atoms with Crippen molar-refractivity contribution in [3.8, 4) is 0 Å². The smallest absolute Gasteiger partial charge is 0.408 e. The summed E-state index contributed by atoms with van der Waals surface area (Å²) in [5, 5.41) is 19.0. The fourth-order valence-electron chi connectivity index (χ4n) is 2.91. The monoisotopic (exact) mass is 485 g/mol. The molecule has 1 aromatic heterocycles. The molecule has 0 aliphatic carbocycles. The molecular formula is C19H24IN3O4. The third-order valence-electron chi connectivity index (χ3n) is 4.28. The predicted molar refractivity (Wildman–Crippen MR) is 110 cm³/mol. The second kappa shape index (κ2) is 9.72. The van der Waals surface area contributed by atoms with Gasteiger partial charge in [-0.3, -0.25) is 4.90 Å². The lowest BCUT2D eigenvalue weighted by molar-refractivity contribution is -0.143. The highest BCUT2D eigenvalue weighted by atomic mass is 127. The number of carboxylic acids is 1. The Morgan fingerprint density at radius 1 is 1.22 bits per heavy atom. The number of aromatic nitrogens is 2. The lowest BCUT2D eigenvalue weighted by atomic mass is 10.0. The van der Waals surface area contributed by atoms with Crippen LogP contribution in [0.2, 0.25) is 0 Å². The highest BCUT2D eigenvalue weighted by Crippen LogP contribution is 2.15. The highest BCUT2D eigenvalue weighted by molar-refractivity contribution is 14.1. The molecule has 0 aliphatic heterocycles. The van der Waals surface area contributed by atoms with E-state index in [1.54, 1.807) is 12.5 Å². The molecule has 1 unspecified atom stereocenters. The van der Waals surface area contributed by atoms with E-state index in [1.165, 1.54) is 0 Å². The number of nitrogens with zero attached hydrogens (tertiary/aromatic N) is 3. The first-order chi connectivity index (χ1) is 12.8. The van der Waals surface area contributed by atoms with E-state index < -0.39 is 18.1 Å². The van der Waals surface area contributed by atoms with E-state index in [0.717, 1.165) is 19.7 Å². The molecule has 0 fully saturated rings. The number of carbonyl (C=O) groups is 2. The first-order valence-corrected chi connectivity index (χ1v) is 9.81. The normalized spacial score (nSPS) is 12.1. The van der Waals surface area contributed by atoms with Gasteiger partial charge in [-0.15, -0.1) is 0 Å².